The molecule has 2 N–H and O–H groups in total. The molecule has 1 aromatic carbocycles. The number of aryl methyl sites for hydroxylation is 1. The smallest absolute Gasteiger partial charge is 0.243 e. The summed E-state index contributed by atoms with van der Waals surface area (Å²) in [5.41, 5.74) is 1.03. The molecule has 2 aliphatic heterocycles. The molecular formula is C17H25N3O3S. The Hall–Kier alpha value is -1.44. The fraction of sp³-hybridized carbons (Fsp3) is 0.588. The molecule has 132 valence electrons. The van der Waals surface area contributed by atoms with Crippen molar-refractivity contribution >= 4 is 15.9 Å². The number of nitrogens with one attached hydrogen (secondary N) is 2. The molecule has 0 atom stereocenters. The maximum atomic E-state index is 12.7. The zero-order valence-corrected chi connectivity index (χ0v) is 14.8. The van der Waals surface area contributed by atoms with Gasteiger partial charge < -0.3 is 10.6 Å². The number of carbonyl (C=O) groups is 1. The second kappa shape index (κ2) is 7.21. The number of sulfonamides is 1. The number of amides is 1. The van der Waals surface area contributed by atoms with E-state index < -0.39 is 10.0 Å². The van der Waals surface area contributed by atoms with Gasteiger partial charge in [0.05, 0.1) is 4.90 Å². The van der Waals surface area contributed by atoms with Crippen molar-refractivity contribution in [3.63, 3.8) is 0 Å². The van der Waals surface area contributed by atoms with E-state index >= 15 is 0 Å². The summed E-state index contributed by atoms with van der Waals surface area (Å²) in [6.07, 6.45) is 1.17. The largest absolute Gasteiger partial charge is 0.355 e. The molecule has 0 spiro atoms. The van der Waals surface area contributed by atoms with Crippen LogP contribution in [0, 0.1) is 18.8 Å². The number of rotatable bonds is 5. The minimum absolute atomic E-state index is 0.0642. The summed E-state index contributed by atoms with van der Waals surface area (Å²) in [5, 5.41) is 6.18. The molecule has 6 nitrogen and oxygen atoms in total. The summed E-state index contributed by atoms with van der Waals surface area (Å²) in [5.74, 6) is 0.521. The van der Waals surface area contributed by atoms with Crippen LogP contribution in [0.15, 0.2) is 29.2 Å². The van der Waals surface area contributed by atoms with Gasteiger partial charge in [-0.2, -0.15) is 4.31 Å². The number of carbonyl (C=O) groups excluding carboxylic acids is 1. The highest BCUT2D eigenvalue weighted by molar-refractivity contribution is 7.89. The van der Waals surface area contributed by atoms with Gasteiger partial charge in [0.15, 0.2) is 0 Å². The zero-order chi connectivity index (χ0) is 17.2. The summed E-state index contributed by atoms with van der Waals surface area (Å²) in [6.45, 7) is 5.38. The Morgan fingerprint density at radius 2 is 1.83 bits per heavy atom. The lowest BCUT2D eigenvalue weighted by atomic mass is 9.96. The summed E-state index contributed by atoms with van der Waals surface area (Å²) in [6, 6.07) is 6.91. The van der Waals surface area contributed by atoms with Gasteiger partial charge in [0.1, 0.15) is 0 Å². The maximum Gasteiger partial charge on any atom is 0.243 e. The number of hydrogen-bond donors (Lipinski definition) is 2. The minimum atomic E-state index is -3.46. The van der Waals surface area contributed by atoms with Crippen LogP contribution in [0.25, 0.3) is 0 Å². The topological polar surface area (TPSA) is 78.5 Å². The van der Waals surface area contributed by atoms with Crippen LogP contribution in [0.2, 0.25) is 0 Å². The Morgan fingerprint density at radius 3 is 2.38 bits per heavy atom. The van der Waals surface area contributed by atoms with Crippen molar-refractivity contribution in [1.29, 1.82) is 0 Å². The molecule has 2 aliphatic rings. The molecule has 1 amide bonds. The van der Waals surface area contributed by atoms with Gasteiger partial charge in [0.2, 0.25) is 15.9 Å². The van der Waals surface area contributed by atoms with Crippen molar-refractivity contribution in [3.8, 4) is 0 Å². The third-order valence-corrected chi connectivity index (χ3v) is 6.83. The average Bonchev–Trinajstić information content (AvgIpc) is 2.54. The molecule has 0 unspecified atom stereocenters. The van der Waals surface area contributed by atoms with E-state index in [2.05, 4.69) is 10.6 Å². The lowest BCUT2D eigenvalue weighted by Gasteiger charge is -2.32. The van der Waals surface area contributed by atoms with Gasteiger partial charge in [-0.05, 0) is 31.9 Å². The maximum absolute atomic E-state index is 12.7. The molecule has 24 heavy (non-hydrogen) atoms. The summed E-state index contributed by atoms with van der Waals surface area (Å²) >= 11 is 0. The van der Waals surface area contributed by atoms with Crippen LogP contribution in [-0.4, -0.2) is 51.4 Å². The van der Waals surface area contributed by atoms with Crippen molar-refractivity contribution in [3.05, 3.63) is 29.8 Å². The Balaban J connectivity index is 1.53. The van der Waals surface area contributed by atoms with E-state index in [1.807, 2.05) is 19.1 Å². The standard InChI is InChI=1S/C17H25N3O3S/c1-13-2-4-16(5-3-13)24(22,23)20-8-6-15(7-9-20)17(21)19-12-14-10-18-11-14/h2-5,14-15,18H,6-12H2,1H3,(H,19,21). The number of nitrogens with zero attached hydrogens (tertiary/aromatic N) is 1. The summed E-state index contributed by atoms with van der Waals surface area (Å²) in [7, 11) is -3.46. The first kappa shape index (κ1) is 17.4. The number of benzene rings is 1. The Morgan fingerprint density at radius 1 is 1.21 bits per heavy atom. The second-order valence-electron chi connectivity index (χ2n) is 6.76. The fourth-order valence-electron chi connectivity index (χ4n) is 3.10. The van der Waals surface area contributed by atoms with Crippen molar-refractivity contribution in [2.24, 2.45) is 11.8 Å². The van der Waals surface area contributed by atoms with Gasteiger partial charge in [-0.3, -0.25) is 4.79 Å². The van der Waals surface area contributed by atoms with Crippen molar-refractivity contribution in [2.45, 2.75) is 24.7 Å². The molecule has 3 rings (SSSR count). The highest BCUT2D eigenvalue weighted by atomic mass is 32.2. The van der Waals surface area contributed by atoms with E-state index in [1.165, 1.54) is 4.31 Å². The first-order valence-corrected chi connectivity index (χ1v) is 9.96. The fourth-order valence-corrected chi connectivity index (χ4v) is 4.57. The van der Waals surface area contributed by atoms with Crippen LogP contribution in [0.5, 0.6) is 0 Å². The zero-order valence-electron chi connectivity index (χ0n) is 14.0. The van der Waals surface area contributed by atoms with Crippen LogP contribution in [0.3, 0.4) is 0 Å². The van der Waals surface area contributed by atoms with Crippen LogP contribution in [0.4, 0.5) is 0 Å². The lowest BCUT2D eigenvalue weighted by Crippen LogP contribution is -2.50. The van der Waals surface area contributed by atoms with Crippen molar-refractivity contribution in [2.75, 3.05) is 32.7 Å². The third-order valence-electron chi connectivity index (χ3n) is 4.91. The average molecular weight is 351 g/mol. The monoisotopic (exact) mass is 351 g/mol. The van der Waals surface area contributed by atoms with E-state index in [-0.39, 0.29) is 11.8 Å². The molecule has 0 aliphatic carbocycles. The van der Waals surface area contributed by atoms with Crippen molar-refractivity contribution < 1.29 is 13.2 Å². The molecule has 0 saturated carbocycles. The molecule has 7 heteroatoms. The predicted molar refractivity (Wildman–Crippen MR) is 92.0 cm³/mol. The summed E-state index contributed by atoms with van der Waals surface area (Å²) in [4.78, 5) is 12.5. The highest BCUT2D eigenvalue weighted by Crippen LogP contribution is 2.24. The van der Waals surface area contributed by atoms with Gasteiger partial charge in [0, 0.05) is 44.6 Å². The van der Waals surface area contributed by atoms with Gasteiger partial charge in [-0.15, -0.1) is 0 Å². The van der Waals surface area contributed by atoms with Crippen LogP contribution in [0.1, 0.15) is 18.4 Å². The molecule has 2 saturated heterocycles. The van der Waals surface area contributed by atoms with Crippen LogP contribution >= 0.6 is 0 Å². The number of hydrogen-bond acceptors (Lipinski definition) is 4. The van der Waals surface area contributed by atoms with E-state index in [0.29, 0.717) is 43.3 Å². The van der Waals surface area contributed by atoms with Crippen LogP contribution < -0.4 is 10.6 Å². The SMILES string of the molecule is Cc1ccc(S(=O)(=O)N2CCC(C(=O)NCC3CNC3)CC2)cc1. The molecule has 2 fully saturated rings. The second-order valence-corrected chi connectivity index (χ2v) is 8.70. The molecule has 0 bridgehead atoms. The van der Waals surface area contributed by atoms with E-state index in [0.717, 1.165) is 18.7 Å². The molecule has 0 radical (unpaired) electrons. The first-order valence-electron chi connectivity index (χ1n) is 8.52. The summed E-state index contributed by atoms with van der Waals surface area (Å²) < 4.78 is 26.8. The van der Waals surface area contributed by atoms with Gasteiger partial charge in [0.25, 0.3) is 0 Å². The van der Waals surface area contributed by atoms with E-state index in [4.69, 9.17) is 0 Å². The van der Waals surface area contributed by atoms with E-state index in [9.17, 15) is 13.2 Å². The molecule has 2 heterocycles. The third kappa shape index (κ3) is 3.79. The predicted octanol–water partition coefficient (Wildman–Crippen LogP) is 0.731. The Bertz CT molecular complexity index is 676. The first-order chi connectivity index (χ1) is 11.5. The van der Waals surface area contributed by atoms with Gasteiger partial charge in [-0.1, -0.05) is 17.7 Å². The minimum Gasteiger partial charge on any atom is -0.355 e. The molecule has 1 aromatic rings. The lowest BCUT2D eigenvalue weighted by molar-refractivity contribution is -0.126. The molecular weight excluding hydrogens is 326 g/mol. The van der Waals surface area contributed by atoms with Crippen molar-refractivity contribution in [1.82, 2.24) is 14.9 Å². The number of piperidine rings is 1. The van der Waals surface area contributed by atoms with Gasteiger partial charge >= 0.3 is 0 Å². The van der Waals surface area contributed by atoms with Gasteiger partial charge in [-0.25, -0.2) is 8.42 Å². The normalized spacial score (nSPS) is 20.5. The van der Waals surface area contributed by atoms with E-state index in [1.54, 1.807) is 12.1 Å². The molecule has 0 aromatic heterocycles. The Kier molecular flexibility index (Phi) is 5.22. The van der Waals surface area contributed by atoms with Crippen LogP contribution in [-0.2, 0) is 14.8 Å². The quantitative estimate of drug-likeness (QED) is 0.820. The Labute approximate surface area is 143 Å². The highest BCUT2D eigenvalue weighted by Gasteiger charge is 2.32.